The van der Waals surface area contributed by atoms with E-state index in [-0.39, 0.29) is 17.6 Å². The van der Waals surface area contributed by atoms with Crippen molar-refractivity contribution in [1.82, 2.24) is 5.32 Å². The van der Waals surface area contributed by atoms with Crippen molar-refractivity contribution < 1.29 is 14.3 Å². The van der Waals surface area contributed by atoms with Crippen molar-refractivity contribution in [2.75, 3.05) is 13.2 Å². The first-order chi connectivity index (χ1) is 7.57. The number of nitrogens with one attached hydrogen (secondary N) is 1. The summed E-state index contributed by atoms with van der Waals surface area (Å²) in [4.78, 5) is 11.7. The summed E-state index contributed by atoms with van der Waals surface area (Å²) < 4.78 is 10.8. The highest BCUT2D eigenvalue weighted by Crippen LogP contribution is 2.10. The summed E-state index contributed by atoms with van der Waals surface area (Å²) in [6, 6.07) is -0.325. The molecule has 0 bridgehead atoms. The Morgan fingerprint density at radius 3 is 2.18 bits per heavy atom. The molecule has 0 fully saturated rings. The smallest absolute Gasteiger partial charge is 0.323 e. The van der Waals surface area contributed by atoms with Crippen molar-refractivity contribution in [2.45, 2.75) is 65.7 Å². The molecular formula is C13H27NO3. The van der Waals surface area contributed by atoms with Crippen molar-refractivity contribution >= 4 is 5.97 Å². The lowest BCUT2D eigenvalue weighted by molar-refractivity contribution is -0.157. The summed E-state index contributed by atoms with van der Waals surface area (Å²) in [5.41, 5.74) is -0.715. The van der Waals surface area contributed by atoms with Gasteiger partial charge in [0.15, 0.2) is 0 Å². The minimum absolute atomic E-state index is 0.232. The second kappa shape index (κ2) is 6.36. The lowest BCUT2D eigenvalue weighted by Crippen LogP contribution is -2.46. The number of carbonyl (C=O) groups excluding carboxylic acids is 1. The molecule has 0 amide bonds. The normalized spacial score (nSPS) is 14.5. The molecule has 4 nitrogen and oxygen atoms in total. The predicted octanol–water partition coefficient (Wildman–Crippen LogP) is 2.12. The molecule has 0 rings (SSSR count). The quantitative estimate of drug-likeness (QED) is 0.728. The van der Waals surface area contributed by atoms with Crippen LogP contribution in [0, 0.1) is 0 Å². The number of hydrogen-bond acceptors (Lipinski definition) is 4. The van der Waals surface area contributed by atoms with Crippen molar-refractivity contribution in [1.29, 1.82) is 0 Å². The maximum Gasteiger partial charge on any atom is 0.323 e. The molecular weight excluding hydrogens is 218 g/mol. The van der Waals surface area contributed by atoms with E-state index < -0.39 is 5.60 Å². The standard InChI is InChI=1S/C13H27NO3/c1-8-16-13(6,7)9-14-10(2)11(15)17-12(3,4)5/h10,14H,8-9H2,1-7H3. The maximum absolute atomic E-state index is 11.7. The minimum atomic E-state index is -0.442. The summed E-state index contributed by atoms with van der Waals surface area (Å²) in [6.45, 7) is 14.6. The van der Waals surface area contributed by atoms with E-state index in [4.69, 9.17) is 9.47 Å². The number of esters is 1. The van der Waals surface area contributed by atoms with Gasteiger partial charge in [0.05, 0.1) is 5.60 Å². The number of hydrogen-bond donors (Lipinski definition) is 1. The predicted molar refractivity (Wildman–Crippen MR) is 69.0 cm³/mol. The number of ether oxygens (including phenoxy) is 2. The molecule has 0 aliphatic rings. The van der Waals surface area contributed by atoms with Gasteiger partial charge in [-0.1, -0.05) is 0 Å². The first-order valence-corrected chi connectivity index (χ1v) is 6.17. The van der Waals surface area contributed by atoms with Crippen LogP contribution in [0.25, 0.3) is 0 Å². The highest BCUT2D eigenvalue weighted by atomic mass is 16.6. The average Bonchev–Trinajstić information content (AvgIpc) is 2.11. The SMILES string of the molecule is CCOC(C)(C)CNC(C)C(=O)OC(C)(C)C. The average molecular weight is 245 g/mol. The summed E-state index contributed by atoms with van der Waals surface area (Å²) in [7, 11) is 0. The van der Waals surface area contributed by atoms with Crippen molar-refractivity contribution in [3.8, 4) is 0 Å². The molecule has 0 aliphatic carbocycles. The van der Waals surface area contributed by atoms with Crippen LogP contribution in [0.15, 0.2) is 0 Å². The van der Waals surface area contributed by atoms with Gasteiger partial charge in [0, 0.05) is 13.2 Å². The van der Waals surface area contributed by atoms with Crippen LogP contribution in [0.3, 0.4) is 0 Å². The van der Waals surface area contributed by atoms with Gasteiger partial charge in [-0.05, 0) is 48.5 Å². The lowest BCUT2D eigenvalue weighted by atomic mass is 10.1. The Kier molecular flexibility index (Phi) is 6.13. The van der Waals surface area contributed by atoms with E-state index in [2.05, 4.69) is 5.32 Å². The largest absolute Gasteiger partial charge is 0.459 e. The van der Waals surface area contributed by atoms with Crippen LogP contribution < -0.4 is 5.32 Å². The summed E-state index contributed by atoms with van der Waals surface area (Å²) in [5, 5.41) is 3.13. The Bertz CT molecular complexity index is 244. The molecule has 0 aromatic heterocycles. The van der Waals surface area contributed by atoms with Gasteiger partial charge in [-0.25, -0.2) is 0 Å². The molecule has 1 unspecified atom stereocenters. The monoisotopic (exact) mass is 245 g/mol. The lowest BCUT2D eigenvalue weighted by Gasteiger charge is -2.28. The Morgan fingerprint density at radius 2 is 1.76 bits per heavy atom. The van der Waals surface area contributed by atoms with E-state index in [1.807, 2.05) is 41.5 Å². The molecule has 0 aromatic carbocycles. The van der Waals surface area contributed by atoms with Crippen LogP contribution in [0.4, 0.5) is 0 Å². The molecule has 0 spiro atoms. The first kappa shape index (κ1) is 16.4. The third-order valence-corrected chi connectivity index (χ3v) is 2.13. The van der Waals surface area contributed by atoms with E-state index in [9.17, 15) is 4.79 Å². The molecule has 0 radical (unpaired) electrons. The van der Waals surface area contributed by atoms with Crippen LogP contribution in [0.2, 0.25) is 0 Å². The molecule has 4 heteroatoms. The molecule has 17 heavy (non-hydrogen) atoms. The Labute approximate surface area is 105 Å². The van der Waals surface area contributed by atoms with Gasteiger partial charge in [-0.2, -0.15) is 0 Å². The van der Waals surface area contributed by atoms with Crippen LogP contribution in [0.5, 0.6) is 0 Å². The zero-order valence-corrected chi connectivity index (χ0v) is 12.2. The fourth-order valence-corrected chi connectivity index (χ4v) is 1.31. The highest BCUT2D eigenvalue weighted by molar-refractivity contribution is 5.75. The van der Waals surface area contributed by atoms with Crippen molar-refractivity contribution in [3.05, 3.63) is 0 Å². The first-order valence-electron chi connectivity index (χ1n) is 6.17. The highest BCUT2D eigenvalue weighted by Gasteiger charge is 2.24. The molecule has 0 heterocycles. The van der Waals surface area contributed by atoms with E-state index in [1.165, 1.54) is 0 Å². The van der Waals surface area contributed by atoms with Crippen molar-refractivity contribution in [3.63, 3.8) is 0 Å². The summed E-state index contributed by atoms with van der Waals surface area (Å²) in [6.07, 6.45) is 0. The molecule has 0 saturated heterocycles. The van der Waals surface area contributed by atoms with Crippen LogP contribution >= 0.6 is 0 Å². The fraction of sp³-hybridized carbons (Fsp3) is 0.923. The van der Waals surface area contributed by atoms with Gasteiger partial charge in [-0.15, -0.1) is 0 Å². The Balaban J connectivity index is 4.10. The third-order valence-electron chi connectivity index (χ3n) is 2.13. The molecule has 0 aliphatic heterocycles. The van der Waals surface area contributed by atoms with Crippen LogP contribution in [-0.4, -0.2) is 36.4 Å². The van der Waals surface area contributed by atoms with Gasteiger partial charge in [0.1, 0.15) is 11.6 Å². The number of carbonyl (C=O) groups is 1. The van der Waals surface area contributed by atoms with Crippen LogP contribution in [0.1, 0.15) is 48.5 Å². The second-order valence-corrected chi connectivity index (χ2v) is 5.83. The van der Waals surface area contributed by atoms with E-state index in [1.54, 1.807) is 6.92 Å². The second-order valence-electron chi connectivity index (χ2n) is 5.83. The molecule has 1 N–H and O–H groups in total. The molecule has 0 aromatic rings. The maximum atomic E-state index is 11.7. The zero-order valence-electron chi connectivity index (χ0n) is 12.2. The Morgan fingerprint density at radius 1 is 1.24 bits per heavy atom. The van der Waals surface area contributed by atoms with Gasteiger partial charge in [-0.3, -0.25) is 4.79 Å². The Hall–Kier alpha value is -0.610. The van der Waals surface area contributed by atoms with Gasteiger partial charge < -0.3 is 14.8 Å². The van der Waals surface area contributed by atoms with Gasteiger partial charge >= 0.3 is 5.97 Å². The van der Waals surface area contributed by atoms with E-state index in [0.29, 0.717) is 13.2 Å². The van der Waals surface area contributed by atoms with Crippen molar-refractivity contribution in [2.24, 2.45) is 0 Å². The molecule has 1 atom stereocenters. The minimum Gasteiger partial charge on any atom is -0.459 e. The van der Waals surface area contributed by atoms with Gasteiger partial charge in [0.2, 0.25) is 0 Å². The summed E-state index contributed by atoms with van der Waals surface area (Å²) >= 11 is 0. The third kappa shape index (κ3) is 8.16. The molecule has 0 saturated carbocycles. The fourth-order valence-electron chi connectivity index (χ4n) is 1.31. The van der Waals surface area contributed by atoms with E-state index >= 15 is 0 Å². The van der Waals surface area contributed by atoms with E-state index in [0.717, 1.165) is 0 Å². The topological polar surface area (TPSA) is 47.6 Å². The number of rotatable bonds is 6. The molecule has 102 valence electrons. The van der Waals surface area contributed by atoms with Crippen LogP contribution in [-0.2, 0) is 14.3 Å². The summed E-state index contributed by atoms with van der Waals surface area (Å²) in [5.74, 6) is -0.232. The van der Waals surface area contributed by atoms with Gasteiger partial charge in [0.25, 0.3) is 0 Å². The zero-order chi connectivity index (χ0) is 13.7.